The predicted octanol–water partition coefficient (Wildman–Crippen LogP) is 3.18. The predicted molar refractivity (Wildman–Crippen MR) is 173 cm³/mol. The van der Waals surface area contributed by atoms with E-state index < -0.39 is 39.5 Å². The Morgan fingerprint density at radius 1 is 1.08 bits per heavy atom. The Morgan fingerprint density at radius 2 is 1.77 bits per heavy atom. The summed E-state index contributed by atoms with van der Waals surface area (Å²) in [4.78, 5) is 26.7. The van der Waals surface area contributed by atoms with Crippen LogP contribution >= 0.6 is 0 Å². The summed E-state index contributed by atoms with van der Waals surface area (Å²) in [5, 5.41) is 42.5. The van der Waals surface area contributed by atoms with E-state index in [4.69, 9.17) is 14.6 Å². The number of likely N-dealkylation sites (tertiary alicyclic amines) is 1. The summed E-state index contributed by atoms with van der Waals surface area (Å²) >= 11 is 0. The van der Waals surface area contributed by atoms with Gasteiger partial charge in [0.1, 0.15) is 17.0 Å². The lowest BCUT2D eigenvalue weighted by atomic mass is 9.80. The Balaban J connectivity index is 1.49. The SMILES string of the molecule is COc1ccc(Cn2nnc(-c3c(-c4ccc(C5(O)CCN(C(=O)O)CC5NC(=O)OC(C)(C)C)cc4)cccc3S(N)(=O)=O)n2)cc1. The molecule has 1 saturated heterocycles. The summed E-state index contributed by atoms with van der Waals surface area (Å²) in [5.74, 6) is 0.727. The first-order valence-electron chi connectivity index (χ1n) is 14.9. The molecule has 1 aliphatic heterocycles. The van der Waals surface area contributed by atoms with Crippen LogP contribution in [0.1, 0.15) is 38.3 Å². The summed E-state index contributed by atoms with van der Waals surface area (Å²) in [6.07, 6.45) is -1.99. The summed E-state index contributed by atoms with van der Waals surface area (Å²) < 4.78 is 36.0. The first-order chi connectivity index (χ1) is 22.6. The molecule has 0 radical (unpaired) electrons. The Hall–Kier alpha value is -5.06. The van der Waals surface area contributed by atoms with E-state index >= 15 is 0 Å². The van der Waals surface area contributed by atoms with Gasteiger partial charge in [-0.05, 0) is 66.4 Å². The number of nitrogens with two attached hydrogens (primary N) is 1. The lowest BCUT2D eigenvalue weighted by molar-refractivity contribution is -0.0535. The number of benzene rings is 3. The van der Waals surface area contributed by atoms with E-state index in [1.165, 1.54) is 10.9 Å². The van der Waals surface area contributed by atoms with Gasteiger partial charge in [-0.25, -0.2) is 23.1 Å². The zero-order chi connectivity index (χ0) is 34.9. The molecule has 2 atom stereocenters. The molecule has 0 aliphatic carbocycles. The maximum atomic E-state index is 12.7. The van der Waals surface area contributed by atoms with Crippen molar-refractivity contribution in [2.75, 3.05) is 20.2 Å². The van der Waals surface area contributed by atoms with Crippen LogP contribution in [0.3, 0.4) is 0 Å². The standard InChI is InChI=1S/C32H37N7O8S/c1-31(2,3)47-29(40)34-26-19-38(30(41)42)17-16-32(26,43)22-12-10-21(11-13-22)24-6-5-7-25(48(33,44)45)27(24)28-35-37-39(36-28)18-20-8-14-23(46-4)15-9-20/h5-15,26,43H,16-19H2,1-4H3,(H,34,40)(H,41,42)(H2,33,44,45). The molecule has 16 heteroatoms. The molecular formula is C32H37N7O8S. The molecule has 0 saturated carbocycles. The molecule has 0 spiro atoms. The molecule has 1 fully saturated rings. The fraction of sp³-hybridized carbons (Fsp3) is 0.344. The van der Waals surface area contributed by atoms with Crippen LogP contribution in [0.2, 0.25) is 0 Å². The number of rotatable bonds is 8. The van der Waals surface area contributed by atoms with E-state index in [2.05, 4.69) is 20.7 Å². The van der Waals surface area contributed by atoms with Crippen LogP contribution in [0, 0.1) is 0 Å². The van der Waals surface area contributed by atoms with Gasteiger partial charge in [0.2, 0.25) is 15.8 Å². The van der Waals surface area contributed by atoms with Gasteiger partial charge < -0.3 is 29.9 Å². The highest BCUT2D eigenvalue weighted by molar-refractivity contribution is 7.89. The number of aromatic nitrogens is 4. The summed E-state index contributed by atoms with van der Waals surface area (Å²) in [6.45, 7) is 5.19. The molecule has 48 heavy (non-hydrogen) atoms. The molecule has 1 aromatic heterocycles. The number of alkyl carbamates (subject to hydrolysis) is 1. The molecule has 254 valence electrons. The highest BCUT2D eigenvalue weighted by Gasteiger charge is 2.45. The van der Waals surface area contributed by atoms with E-state index in [0.717, 1.165) is 10.5 Å². The largest absolute Gasteiger partial charge is 0.497 e. The molecule has 5 rings (SSSR count). The average molecular weight is 680 g/mol. The van der Waals surface area contributed by atoms with Gasteiger partial charge in [-0.2, -0.15) is 4.80 Å². The number of carboxylic acid groups (broad SMARTS) is 1. The van der Waals surface area contributed by atoms with Gasteiger partial charge >= 0.3 is 12.2 Å². The number of ether oxygens (including phenoxy) is 2. The number of primary sulfonamides is 1. The summed E-state index contributed by atoms with van der Waals surface area (Å²) in [6, 6.07) is 17.5. The normalized spacial score (nSPS) is 18.3. The van der Waals surface area contributed by atoms with Gasteiger partial charge in [-0.1, -0.05) is 48.5 Å². The minimum Gasteiger partial charge on any atom is -0.497 e. The van der Waals surface area contributed by atoms with Crippen LogP contribution in [0.4, 0.5) is 9.59 Å². The Kier molecular flexibility index (Phi) is 9.44. The van der Waals surface area contributed by atoms with Gasteiger partial charge in [0.05, 0.1) is 30.2 Å². The smallest absolute Gasteiger partial charge is 0.408 e. The first kappa shape index (κ1) is 34.3. The minimum atomic E-state index is -4.22. The fourth-order valence-electron chi connectivity index (χ4n) is 5.56. The number of tetrazole rings is 1. The van der Waals surface area contributed by atoms with Crippen molar-refractivity contribution in [3.05, 3.63) is 77.9 Å². The molecule has 2 unspecified atom stereocenters. The number of methoxy groups -OCH3 is 1. The van der Waals surface area contributed by atoms with Crippen molar-refractivity contribution < 1.29 is 37.7 Å². The topological polar surface area (TPSA) is 212 Å². The molecule has 2 heterocycles. The zero-order valence-electron chi connectivity index (χ0n) is 26.8. The number of sulfonamides is 1. The number of amides is 2. The highest BCUT2D eigenvalue weighted by atomic mass is 32.2. The Labute approximate surface area is 277 Å². The van der Waals surface area contributed by atoms with Gasteiger partial charge in [-0.3, -0.25) is 0 Å². The van der Waals surface area contributed by atoms with Crippen molar-refractivity contribution in [3.63, 3.8) is 0 Å². The quantitative estimate of drug-likeness (QED) is 0.212. The molecular weight excluding hydrogens is 642 g/mol. The Bertz CT molecular complexity index is 1910. The van der Waals surface area contributed by atoms with Crippen LogP contribution < -0.4 is 15.2 Å². The third kappa shape index (κ3) is 7.56. The van der Waals surface area contributed by atoms with Gasteiger partial charge in [0.15, 0.2) is 0 Å². The van der Waals surface area contributed by atoms with Crippen LogP contribution in [0.15, 0.2) is 71.6 Å². The number of carbonyl (C=O) groups is 2. The first-order valence-corrected chi connectivity index (χ1v) is 16.5. The second kappa shape index (κ2) is 13.2. The van der Waals surface area contributed by atoms with Crippen LogP contribution in [-0.4, -0.2) is 87.8 Å². The maximum Gasteiger partial charge on any atom is 0.408 e. The lowest BCUT2D eigenvalue weighted by Crippen LogP contribution is -2.61. The molecule has 4 aromatic rings. The number of piperidine rings is 1. The van der Waals surface area contributed by atoms with E-state index in [1.807, 2.05) is 12.1 Å². The monoisotopic (exact) mass is 679 g/mol. The van der Waals surface area contributed by atoms with E-state index in [0.29, 0.717) is 22.4 Å². The molecule has 2 amide bonds. The van der Waals surface area contributed by atoms with E-state index in [-0.39, 0.29) is 42.3 Å². The molecule has 0 bridgehead atoms. The summed E-state index contributed by atoms with van der Waals surface area (Å²) in [5.41, 5.74) is -0.0662. The number of aliphatic hydroxyl groups is 1. The molecule has 1 aliphatic rings. The minimum absolute atomic E-state index is 0.00746. The van der Waals surface area contributed by atoms with Gasteiger partial charge in [-0.15, -0.1) is 10.2 Å². The van der Waals surface area contributed by atoms with Crippen LogP contribution in [-0.2, 0) is 26.9 Å². The second-order valence-electron chi connectivity index (χ2n) is 12.4. The molecule has 15 nitrogen and oxygen atoms in total. The maximum absolute atomic E-state index is 12.7. The second-order valence-corrected chi connectivity index (χ2v) is 13.9. The van der Waals surface area contributed by atoms with Gasteiger partial charge in [0.25, 0.3) is 0 Å². The number of carbonyl (C=O) groups excluding carboxylic acids is 1. The Morgan fingerprint density at radius 3 is 2.38 bits per heavy atom. The van der Waals surface area contributed by atoms with Crippen LogP contribution in [0.25, 0.3) is 22.5 Å². The fourth-order valence-corrected chi connectivity index (χ4v) is 6.31. The molecule has 5 N–H and O–H groups in total. The molecule has 3 aromatic carbocycles. The lowest BCUT2D eigenvalue weighted by Gasteiger charge is -2.44. The number of nitrogens with one attached hydrogen (secondary N) is 1. The van der Waals surface area contributed by atoms with Crippen molar-refractivity contribution in [1.82, 2.24) is 30.4 Å². The number of hydrogen-bond acceptors (Lipinski definition) is 10. The van der Waals surface area contributed by atoms with Crippen molar-refractivity contribution in [2.24, 2.45) is 5.14 Å². The third-order valence-electron chi connectivity index (χ3n) is 7.89. The van der Waals surface area contributed by atoms with E-state index in [9.17, 15) is 28.2 Å². The number of nitrogens with zero attached hydrogens (tertiary/aromatic N) is 5. The van der Waals surface area contributed by atoms with Crippen molar-refractivity contribution >= 4 is 22.2 Å². The van der Waals surface area contributed by atoms with Crippen molar-refractivity contribution in [3.8, 4) is 28.3 Å². The summed E-state index contributed by atoms with van der Waals surface area (Å²) in [7, 11) is -2.65. The highest BCUT2D eigenvalue weighted by Crippen LogP contribution is 2.38. The average Bonchev–Trinajstić information content (AvgIpc) is 3.49. The van der Waals surface area contributed by atoms with Crippen molar-refractivity contribution in [2.45, 2.75) is 55.9 Å². The zero-order valence-corrected chi connectivity index (χ0v) is 27.6. The van der Waals surface area contributed by atoms with E-state index in [1.54, 1.807) is 76.4 Å². The third-order valence-corrected chi connectivity index (χ3v) is 8.85. The van der Waals surface area contributed by atoms with Crippen LogP contribution in [0.5, 0.6) is 5.75 Å². The number of hydrogen-bond donors (Lipinski definition) is 4. The van der Waals surface area contributed by atoms with Gasteiger partial charge in [0, 0.05) is 19.5 Å². The van der Waals surface area contributed by atoms with Crippen molar-refractivity contribution in [1.29, 1.82) is 0 Å².